The minimum absolute atomic E-state index is 0.0360. The molecule has 2 amide bonds. The first-order chi connectivity index (χ1) is 10.9. The Morgan fingerprint density at radius 2 is 1.96 bits per heavy atom. The summed E-state index contributed by atoms with van der Waals surface area (Å²) in [6, 6.07) is -1.03. The van der Waals surface area contributed by atoms with Crippen molar-refractivity contribution in [3.05, 3.63) is 12.2 Å². The molecule has 2 rings (SSSR count). The van der Waals surface area contributed by atoms with Crippen LogP contribution in [-0.2, 0) is 23.9 Å². The SMILES string of the molecule is CCCCC(C(=O)O)N1C(=O)C=CC1=O.O=C1CCC(CO)O1. The van der Waals surface area contributed by atoms with Crippen molar-refractivity contribution in [3.63, 3.8) is 0 Å². The van der Waals surface area contributed by atoms with Crippen molar-refractivity contribution < 1.29 is 34.1 Å². The summed E-state index contributed by atoms with van der Waals surface area (Å²) in [6.45, 7) is 1.89. The lowest BCUT2D eigenvalue weighted by molar-refractivity contribution is -0.153. The fourth-order valence-electron chi connectivity index (χ4n) is 2.19. The maximum Gasteiger partial charge on any atom is 0.326 e. The molecule has 8 heteroatoms. The monoisotopic (exact) mass is 327 g/mol. The molecule has 0 spiro atoms. The standard InChI is InChI=1S/C10H13NO4.C5H8O3/c1-2-3-4-7(10(14)15)11-8(12)5-6-9(11)13;6-3-4-1-2-5(7)8-4/h5-7H,2-4H2,1H3,(H,14,15);4,6H,1-3H2. The Morgan fingerprint density at radius 1 is 1.35 bits per heavy atom. The molecule has 2 atom stereocenters. The number of carboxylic acid groups (broad SMARTS) is 1. The summed E-state index contributed by atoms with van der Waals surface area (Å²) < 4.78 is 4.62. The minimum Gasteiger partial charge on any atom is -0.480 e. The van der Waals surface area contributed by atoms with Gasteiger partial charge in [-0.05, 0) is 12.8 Å². The Labute approximate surface area is 133 Å². The van der Waals surface area contributed by atoms with Crippen LogP contribution in [0.3, 0.4) is 0 Å². The van der Waals surface area contributed by atoms with Gasteiger partial charge in [-0.25, -0.2) is 4.79 Å². The molecule has 2 N–H and O–H groups in total. The zero-order valence-electron chi connectivity index (χ0n) is 12.9. The normalized spacial score (nSPS) is 21.0. The van der Waals surface area contributed by atoms with Crippen LogP contribution in [0.1, 0.15) is 39.0 Å². The number of aliphatic hydroxyl groups excluding tert-OH is 1. The van der Waals surface area contributed by atoms with Gasteiger partial charge < -0.3 is 14.9 Å². The van der Waals surface area contributed by atoms with Crippen LogP contribution in [0.4, 0.5) is 0 Å². The molecule has 2 heterocycles. The van der Waals surface area contributed by atoms with Gasteiger partial charge in [0.1, 0.15) is 12.1 Å². The Morgan fingerprint density at radius 3 is 2.30 bits per heavy atom. The summed E-state index contributed by atoms with van der Waals surface area (Å²) in [7, 11) is 0. The Balaban J connectivity index is 0.000000277. The summed E-state index contributed by atoms with van der Waals surface area (Å²) in [4.78, 5) is 44.5. The molecule has 0 radical (unpaired) electrons. The van der Waals surface area contributed by atoms with Crippen molar-refractivity contribution >= 4 is 23.8 Å². The van der Waals surface area contributed by atoms with Crippen LogP contribution in [0, 0.1) is 0 Å². The maximum absolute atomic E-state index is 11.2. The van der Waals surface area contributed by atoms with Crippen LogP contribution < -0.4 is 0 Å². The van der Waals surface area contributed by atoms with E-state index in [-0.39, 0.29) is 18.7 Å². The highest BCUT2D eigenvalue weighted by Gasteiger charge is 2.35. The molecule has 2 unspecified atom stereocenters. The third kappa shape index (κ3) is 5.48. The zero-order chi connectivity index (χ0) is 17.4. The third-order valence-corrected chi connectivity index (χ3v) is 3.44. The van der Waals surface area contributed by atoms with E-state index >= 15 is 0 Å². The molecule has 23 heavy (non-hydrogen) atoms. The van der Waals surface area contributed by atoms with E-state index in [0.717, 1.165) is 23.5 Å². The molecule has 8 nitrogen and oxygen atoms in total. The van der Waals surface area contributed by atoms with Gasteiger partial charge in [-0.2, -0.15) is 0 Å². The van der Waals surface area contributed by atoms with Gasteiger partial charge in [-0.15, -0.1) is 0 Å². The van der Waals surface area contributed by atoms with Crippen molar-refractivity contribution in [1.29, 1.82) is 0 Å². The van der Waals surface area contributed by atoms with Crippen LogP contribution >= 0.6 is 0 Å². The molecule has 2 aliphatic heterocycles. The first-order valence-corrected chi connectivity index (χ1v) is 7.49. The summed E-state index contributed by atoms with van der Waals surface area (Å²) in [5.74, 6) is -2.40. The molecule has 0 saturated carbocycles. The highest BCUT2D eigenvalue weighted by atomic mass is 16.6. The number of aliphatic carboxylic acids is 1. The number of amides is 2. The number of rotatable bonds is 6. The number of nitrogens with zero attached hydrogens (tertiary/aromatic N) is 1. The zero-order valence-corrected chi connectivity index (χ0v) is 12.9. The van der Waals surface area contributed by atoms with Gasteiger partial charge in [0.25, 0.3) is 11.8 Å². The lowest BCUT2D eigenvalue weighted by atomic mass is 10.1. The van der Waals surface area contributed by atoms with E-state index < -0.39 is 23.8 Å². The molecule has 0 aromatic carbocycles. The molecule has 0 aliphatic carbocycles. The van der Waals surface area contributed by atoms with E-state index in [1.807, 2.05) is 6.92 Å². The van der Waals surface area contributed by atoms with Gasteiger partial charge in [0.15, 0.2) is 0 Å². The van der Waals surface area contributed by atoms with Gasteiger partial charge in [0.2, 0.25) is 0 Å². The fraction of sp³-hybridized carbons (Fsp3) is 0.600. The van der Waals surface area contributed by atoms with Gasteiger partial charge in [-0.3, -0.25) is 19.3 Å². The summed E-state index contributed by atoms with van der Waals surface area (Å²) >= 11 is 0. The Bertz CT molecular complexity index is 482. The number of hydrogen-bond acceptors (Lipinski definition) is 6. The number of hydrogen-bond donors (Lipinski definition) is 2. The van der Waals surface area contributed by atoms with Gasteiger partial charge in [0, 0.05) is 18.6 Å². The van der Waals surface area contributed by atoms with E-state index in [9.17, 15) is 19.2 Å². The first kappa shape index (κ1) is 18.8. The average molecular weight is 327 g/mol. The predicted molar refractivity (Wildman–Crippen MR) is 78.1 cm³/mol. The summed E-state index contributed by atoms with van der Waals surface area (Å²) in [5, 5.41) is 17.3. The van der Waals surface area contributed by atoms with Gasteiger partial charge in [-0.1, -0.05) is 19.8 Å². The van der Waals surface area contributed by atoms with E-state index in [2.05, 4.69) is 4.74 Å². The van der Waals surface area contributed by atoms with E-state index in [1.165, 1.54) is 0 Å². The fourth-order valence-corrected chi connectivity index (χ4v) is 2.19. The van der Waals surface area contributed by atoms with Crippen LogP contribution in [0.5, 0.6) is 0 Å². The lowest BCUT2D eigenvalue weighted by Gasteiger charge is -2.21. The molecule has 1 saturated heterocycles. The van der Waals surface area contributed by atoms with E-state index in [0.29, 0.717) is 25.7 Å². The summed E-state index contributed by atoms with van der Waals surface area (Å²) in [6.07, 6.45) is 4.93. The second kappa shape index (κ2) is 9.04. The number of imide groups is 1. The molecule has 0 aromatic heterocycles. The van der Waals surface area contributed by atoms with Gasteiger partial charge >= 0.3 is 11.9 Å². The number of cyclic esters (lactones) is 1. The minimum atomic E-state index is -1.13. The lowest BCUT2D eigenvalue weighted by Crippen LogP contribution is -2.44. The topological polar surface area (TPSA) is 121 Å². The number of carboxylic acids is 1. The maximum atomic E-state index is 11.2. The average Bonchev–Trinajstić information content (AvgIpc) is 3.07. The number of carbonyl (C=O) groups is 4. The highest BCUT2D eigenvalue weighted by Crippen LogP contribution is 2.15. The smallest absolute Gasteiger partial charge is 0.326 e. The van der Waals surface area contributed by atoms with Crippen molar-refractivity contribution in [3.8, 4) is 0 Å². The van der Waals surface area contributed by atoms with Crippen LogP contribution in [0.2, 0.25) is 0 Å². The van der Waals surface area contributed by atoms with Crippen molar-refractivity contribution in [2.45, 2.75) is 51.2 Å². The number of unbranched alkanes of at least 4 members (excludes halogenated alkanes) is 1. The number of esters is 1. The quantitative estimate of drug-likeness (QED) is 0.529. The van der Waals surface area contributed by atoms with Crippen molar-refractivity contribution in [2.75, 3.05) is 6.61 Å². The summed E-state index contributed by atoms with van der Waals surface area (Å²) in [5.41, 5.74) is 0. The van der Waals surface area contributed by atoms with E-state index in [4.69, 9.17) is 10.2 Å². The first-order valence-electron chi connectivity index (χ1n) is 7.49. The molecule has 0 aromatic rings. The molecule has 2 aliphatic rings. The van der Waals surface area contributed by atoms with Crippen LogP contribution in [0.15, 0.2) is 12.2 Å². The Hall–Kier alpha value is -2.22. The van der Waals surface area contributed by atoms with E-state index in [1.54, 1.807) is 0 Å². The third-order valence-electron chi connectivity index (χ3n) is 3.44. The number of ether oxygens (including phenoxy) is 1. The highest BCUT2D eigenvalue weighted by molar-refractivity contribution is 6.14. The van der Waals surface area contributed by atoms with Crippen molar-refractivity contribution in [2.24, 2.45) is 0 Å². The van der Waals surface area contributed by atoms with Crippen LogP contribution in [-0.4, -0.2) is 57.6 Å². The second-order valence-electron chi connectivity index (χ2n) is 5.21. The molecule has 1 fully saturated rings. The predicted octanol–water partition coefficient (Wildman–Crippen LogP) is 0.239. The van der Waals surface area contributed by atoms with Crippen molar-refractivity contribution in [1.82, 2.24) is 4.90 Å². The second-order valence-corrected chi connectivity index (χ2v) is 5.21. The molecule has 0 bridgehead atoms. The van der Waals surface area contributed by atoms with Gasteiger partial charge in [0.05, 0.1) is 6.61 Å². The largest absolute Gasteiger partial charge is 0.480 e. The van der Waals surface area contributed by atoms with Crippen LogP contribution in [0.25, 0.3) is 0 Å². The number of aliphatic hydroxyl groups is 1. The molecular weight excluding hydrogens is 306 g/mol. The molecule has 128 valence electrons. The number of carbonyl (C=O) groups excluding carboxylic acids is 3. The molecular formula is C15H21NO7. The Kier molecular flexibility index (Phi) is 7.40.